The van der Waals surface area contributed by atoms with E-state index in [1.165, 1.54) is 23.1 Å². The van der Waals surface area contributed by atoms with Gasteiger partial charge in [0.15, 0.2) is 0 Å². The van der Waals surface area contributed by atoms with E-state index in [4.69, 9.17) is 4.74 Å². The van der Waals surface area contributed by atoms with Gasteiger partial charge in [0.25, 0.3) is 0 Å². The van der Waals surface area contributed by atoms with Gasteiger partial charge >= 0.3 is 12.3 Å². The van der Waals surface area contributed by atoms with Gasteiger partial charge in [-0.15, -0.1) is 0 Å². The predicted molar refractivity (Wildman–Crippen MR) is 74.7 cm³/mol. The van der Waals surface area contributed by atoms with Crippen molar-refractivity contribution in [2.75, 3.05) is 24.6 Å². The topological polar surface area (TPSA) is 41.6 Å². The van der Waals surface area contributed by atoms with Crippen molar-refractivity contribution in [2.24, 2.45) is 0 Å². The maximum atomic E-state index is 13.3. The van der Waals surface area contributed by atoms with Crippen molar-refractivity contribution in [1.29, 1.82) is 0 Å². The van der Waals surface area contributed by atoms with E-state index in [-0.39, 0.29) is 12.3 Å². The second-order valence-corrected chi connectivity index (χ2v) is 5.73. The lowest BCUT2D eigenvalue weighted by Gasteiger charge is -2.35. The lowest BCUT2D eigenvalue weighted by atomic mass is 9.89. The normalized spacial score (nSPS) is 26.1. The van der Waals surface area contributed by atoms with Crippen LogP contribution in [0.1, 0.15) is 24.8 Å². The minimum atomic E-state index is -4.51. The zero-order valence-corrected chi connectivity index (χ0v) is 11.9. The van der Waals surface area contributed by atoms with Crippen LogP contribution in [0, 0.1) is 0 Å². The van der Waals surface area contributed by atoms with Crippen LogP contribution in [0.2, 0.25) is 0 Å². The Morgan fingerprint density at radius 1 is 1.18 bits per heavy atom. The summed E-state index contributed by atoms with van der Waals surface area (Å²) in [5.41, 5.74) is -1.60. The van der Waals surface area contributed by atoms with E-state index in [0.29, 0.717) is 19.4 Å². The molecule has 1 unspecified atom stereocenters. The molecule has 0 radical (unpaired) electrons. The number of carbonyl (C=O) groups excluding carboxylic acids is 1. The van der Waals surface area contributed by atoms with Crippen LogP contribution in [0.15, 0.2) is 24.3 Å². The summed E-state index contributed by atoms with van der Waals surface area (Å²) in [4.78, 5) is 13.4. The van der Waals surface area contributed by atoms with Gasteiger partial charge in [-0.05, 0) is 44.5 Å². The van der Waals surface area contributed by atoms with E-state index in [1.54, 1.807) is 0 Å². The highest BCUT2D eigenvalue weighted by atomic mass is 19.4. The van der Waals surface area contributed by atoms with E-state index >= 15 is 0 Å². The molecule has 2 aliphatic rings. The first-order chi connectivity index (χ1) is 10.4. The number of benzene rings is 1. The molecule has 0 aromatic heterocycles. The summed E-state index contributed by atoms with van der Waals surface area (Å²) in [6.07, 6.45) is -3.22. The first kappa shape index (κ1) is 15.1. The zero-order valence-electron chi connectivity index (χ0n) is 11.9. The van der Waals surface area contributed by atoms with Crippen molar-refractivity contribution < 1.29 is 22.7 Å². The number of hydrogen-bond acceptors (Lipinski definition) is 3. The fourth-order valence-electron chi connectivity index (χ4n) is 3.26. The van der Waals surface area contributed by atoms with Crippen LogP contribution in [0.4, 0.5) is 23.7 Å². The number of anilines is 1. The third-order valence-electron chi connectivity index (χ3n) is 4.33. The molecule has 2 aliphatic heterocycles. The van der Waals surface area contributed by atoms with Crippen molar-refractivity contribution in [3.63, 3.8) is 0 Å². The smallest absolute Gasteiger partial charge is 0.418 e. The largest absolute Gasteiger partial charge is 0.447 e. The van der Waals surface area contributed by atoms with Gasteiger partial charge in [-0.3, -0.25) is 4.90 Å². The number of para-hydroxylation sites is 1. The molecule has 2 heterocycles. The van der Waals surface area contributed by atoms with Crippen molar-refractivity contribution in [1.82, 2.24) is 5.32 Å². The molecular formula is C15H17F3N2O2. The second kappa shape index (κ2) is 5.46. The van der Waals surface area contributed by atoms with Crippen LogP contribution in [-0.2, 0) is 10.9 Å². The summed E-state index contributed by atoms with van der Waals surface area (Å²) in [7, 11) is 0. The molecule has 1 aromatic rings. The molecule has 0 bridgehead atoms. The van der Waals surface area contributed by atoms with Crippen molar-refractivity contribution in [3.8, 4) is 0 Å². The Morgan fingerprint density at radius 3 is 2.73 bits per heavy atom. The Balaban J connectivity index is 2.07. The Kier molecular flexibility index (Phi) is 3.76. The summed E-state index contributed by atoms with van der Waals surface area (Å²) >= 11 is 0. The maximum absolute atomic E-state index is 13.3. The van der Waals surface area contributed by atoms with Crippen LogP contribution in [0.3, 0.4) is 0 Å². The molecule has 1 spiro atoms. The summed E-state index contributed by atoms with van der Waals surface area (Å²) in [6.45, 7) is 1.59. The monoisotopic (exact) mass is 314 g/mol. The van der Waals surface area contributed by atoms with Crippen molar-refractivity contribution >= 4 is 11.8 Å². The van der Waals surface area contributed by atoms with E-state index in [2.05, 4.69) is 5.32 Å². The van der Waals surface area contributed by atoms with E-state index in [0.717, 1.165) is 19.0 Å². The van der Waals surface area contributed by atoms with Gasteiger partial charge < -0.3 is 10.1 Å². The molecule has 1 amide bonds. The molecule has 2 fully saturated rings. The summed E-state index contributed by atoms with van der Waals surface area (Å²) in [6, 6.07) is 5.19. The highest BCUT2D eigenvalue weighted by molar-refractivity contribution is 5.92. The van der Waals surface area contributed by atoms with Crippen molar-refractivity contribution in [3.05, 3.63) is 29.8 Å². The maximum Gasteiger partial charge on any atom is 0.418 e. The molecule has 2 saturated heterocycles. The quantitative estimate of drug-likeness (QED) is 0.865. The number of carbonyl (C=O) groups is 1. The highest BCUT2D eigenvalue weighted by Gasteiger charge is 2.50. The third-order valence-corrected chi connectivity index (χ3v) is 4.33. The summed E-state index contributed by atoms with van der Waals surface area (Å²) < 4.78 is 44.9. The van der Waals surface area contributed by atoms with Crippen molar-refractivity contribution in [2.45, 2.75) is 31.0 Å². The van der Waals surface area contributed by atoms with Crippen LogP contribution >= 0.6 is 0 Å². The van der Waals surface area contributed by atoms with E-state index in [1.807, 2.05) is 0 Å². The van der Waals surface area contributed by atoms with Gasteiger partial charge in [0.05, 0.1) is 16.8 Å². The van der Waals surface area contributed by atoms with Gasteiger partial charge in [0, 0.05) is 0 Å². The SMILES string of the molecule is O=C1OCC2(CCCNCC2)N1c1ccccc1C(F)(F)F. The van der Waals surface area contributed by atoms with E-state index in [9.17, 15) is 18.0 Å². The number of nitrogens with one attached hydrogen (secondary N) is 1. The number of nitrogens with zero attached hydrogens (tertiary/aromatic N) is 1. The molecule has 1 aromatic carbocycles. The Hall–Kier alpha value is -1.76. The number of cyclic esters (lactones) is 1. The van der Waals surface area contributed by atoms with Crippen LogP contribution in [0.5, 0.6) is 0 Å². The van der Waals surface area contributed by atoms with Crippen LogP contribution < -0.4 is 10.2 Å². The third kappa shape index (κ3) is 2.54. The molecule has 1 atom stereocenters. The van der Waals surface area contributed by atoms with Gasteiger partial charge in [0.1, 0.15) is 6.61 Å². The molecule has 120 valence electrons. The number of hydrogen-bond donors (Lipinski definition) is 1. The Labute approximate surface area is 126 Å². The molecule has 0 saturated carbocycles. The van der Waals surface area contributed by atoms with Gasteiger partial charge in [-0.2, -0.15) is 13.2 Å². The van der Waals surface area contributed by atoms with Crippen LogP contribution in [0.25, 0.3) is 0 Å². The first-order valence-electron chi connectivity index (χ1n) is 7.28. The number of halogens is 3. The average Bonchev–Trinajstić information content (AvgIpc) is 2.64. The molecule has 7 heteroatoms. The lowest BCUT2D eigenvalue weighted by Crippen LogP contribution is -2.48. The minimum Gasteiger partial charge on any atom is -0.447 e. The van der Waals surface area contributed by atoms with Crippen LogP contribution in [-0.4, -0.2) is 31.3 Å². The molecular weight excluding hydrogens is 297 g/mol. The summed E-state index contributed by atoms with van der Waals surface area (Å²) in [5, 5.41) is 3.21. The number of alkyl halides is 3. The number of amides is 1. The zero-order chi connectivity index (χ0) is 15.8. The second-order valence-electron chi connectivity index (χ2n) is 5.73. The molecule has 22 heavy (non-hydrogen) atoms. The summed E-state index contributed by atoms with van der Waals surface area (Å²) in [5.74, 6) is 0. The average molecular weight is 314 g/mol. The molecule has 0 aliphatic carbocycles. The number of rotatable bonds is 1. The lowest BCUT2D eigenvalue weighted by molar-refractivity contribution is -0.137. The Bertz CT molecular complexity index is 566. The fraction of sp³-hybridized carbons (Fsp3) is 0.533. The van der Waals surface area contributed by atoms with E-state index < -0.39 is 23.4 Å². The van der Waals surface area contributed by atoms with Gasteiger partial charge in [-0.25, -0.2) is 4.79 Å². The Morgan fingerprint density at radius 2 is 1.95 bits per heavy atom. The number of ether oxygens (including phenoxy) is 1. The standard InChI is InChI=1S/C15H17F3N2O2/c16-15(17,18)11-4-1-2-5-12(11)20-13(21)22-10-14(20)6-3-8-19-9-7-14/h1-2,4-5,19H,3,6-10H2. The first-order valence-corrected chi connectivity index (χ1v) is 7.28. The minimum absolute atomic E-state index is 0.112. The highest BCUT2D eigenvalue weighted by Crippen LogP contribution is 2.43. The van der Waals surface area contributed by atoms with Gasteiger partial charge in [-0.1, -0.05) is 12.1 Å². The fourth-order valence-corrected chi connectivity index (χ4v) is 3.26. The molecule has 3 rings (SSSR count). The molecule has 1 N–H and O–H groups in total. The molecule has 4 nitrogen and oxygen atoms in total. The van der Waals surface area contributed by atoms with Gasteiger partial charge in [0.2, 0.25) is 0 Å². The predicted octanol–water partition coefficient (Wildman–Crippen LogP) is 3.17.